The Hall–Kier alpha value is -1.14. The lowest BCUT2D eigenvalue weighted by Crippen LogP contribution is -2.37. The van der Waals surface area contributed by atoms with E-state index in [0.29, 0.717) is 5.92 Å². The molecular weight excluding hydrogens is 276 g/mol. The highest BCUT2D eigenvalue weighted by molar-refractivity contribution is 7.14. The fourth-order valence-corrected chi connectivity index (χ4v) is 3.73. The summed E-state index contributed by atoms with van der Waals surface area (Å²) in [7, 11) is 0. The predicted octanol–water partition coefficient (Wildman–Crippen LogP) is 4.03. The molecule has 1 aliphatic rings. The summed E-state index contributed by atoms with van der Waals surface area (Å²) in [5.74, 6) is 0.654. The molecule has 0 saturated heterocycles. The zero-order valence-corrected chi connectivity index (χ0v) is 12.3. The lowest BCUT2D eigenvalue weighted by Gasteiger charge is -2.31. The van der Waals surface area contributed by atoms with Gasteiger partial charge in [0, 0.05) is 23.2 Å². The first kappa shape index (κ1) is 12.9. The molecule has 0 aromatic carbocycles. The number of rotatable bonds is 5. The van der Waals surface area contributed by atoms with Gasteiger partial charge in [-0.1, -0.05) is 19.3 Å². The van der Waals surface area contributed by atoms with Gasteiger partial charge in [0.1, 0.15) is 6.17 Å². The van der Waals surface area contributed by atoms with Gasteiger partial charge in [0.25, 0.3) is 0 Å². The Kier molecular flexibility index (Phi) is 4.30. The molecule has 102 valence electrons. The molecule has 0 bridgehead atoms. The Labute approximate surface area is 121 Å². The summed E-state index contributed by atoms with van der Waals surface area (Å²) in [6.07, 6.45) is 10.5. The van der Waals surface area contributed by atoms with E-state index in [0.717, 1.165) is 10.3 Å². The second-order valence-corrected chi connectivity index (χ2v) is 6.63. The molecule has 2 aromatic rings. The van der Waals surface area contributed by atoms with Crippen molar-refractivity contribution in [3.63, 3.8) is 0 Å². The fourth-order valence-electron chi connectivity index (χ4n) is 2.59. The molecule has 0 spiro atoms. The van der Waals surface area contributed by atoms with Gasteiger partial charge < -0.3 is 10.6 Å². The number of nitrogens with zero attached hydrogens (tertiary/aromatic N) is 2. The lowest BCUT2D eigenvalue weighted by atomic mass is 9.87. The Bertz CT molecular complexity index is 427. The summed E-state index contributed by atoms with van der Waals surface area (Å²) < 4.78 is 0. The number of nitrogens with one attached hydrogen (secondary N) is 2. The van der Waals surface area contributed by atoms with Gasteiger partial charge in [-0.25, -0.2) is 9.97 Å². The van der Waals surface area contributed by atoms with Crippen LogP contribution in [0.1, 0.15) is 32.1 Å². The third kappa shape index (κ3) is 3.45. The molecule has 4 nitrogen and oxygen atoms in total. The highest BCUT2D eigenvalue weighted by Crippen LogP contribution is 2.29. The van der Waals surface area contributed by atoms with Crippen LogP contribution in [-0.2, 0) is 0 Å². The van der Waals surface area contributed by atoms with Gasteiger partial charge >= 0.3 is 0 Å². The van der Waals surface area contributed by atoms with Gasteiger partial charge in [-0.2, -0.15) is 0 Å². The molecule has 2 N–H and O–H groups in total. The Morgan fingerprint density at radius 2 is 1.53 bits per heavy atom. The SMILES string of the molecule is c1csc(NC(Nc2nccs2)C2CCCCC2)n1. The van der Waals surface area contributed by atoms with Crippen LogP contribution in [0, 0.1) is 5.92 Å². The van der Waals surface area contributed by atoms with Crippen molar-refractivity contribution >= 4 is 32.9 Å². The van der Waals surface area contributed by atoms with Gasteiger partial charge in [0.2, 0.25) is 0 Å². The minimum Gasteiger partial charge on any atom is -0.341 e. The highest BCUT2D eigenvalue weighted by Gasteiger charge is 2.24. The van der Waals surface area contributed by atoms with E-state index in [1.54, 1.807) is 22.7 Å². The maximum Gasteiger partial charge on any atom is 0.184 e. The topological polar surface area (TPSA) is 49.8 Å². The van der Waals surface area contributed by atoms with Crippen molar-refractivity contribution in [2.24, 2.45) is 5.92 Å². The Morgan fingerprint density at radius 3 is 2.00 bits per heavy atom. The van der Waals surface area contributed by atoms with Crippen molar-refractivity contribution in [2.45, 2.75) is 38.3 Å². The molecule has 0 radical (unpaired) electrons. The van der Waals surface area contributed by atoms with E-state index in [1.165, 1.54) is 32.1 Å². The van der Waals surface area contributed by atoms with Gasteiger partial charge in [-0.15, -0.1) is 22.7 Å². The van der Waals surface area contributed by atoms with Crippen LogP contribution in [0.2, 0.25) is 0 Å². The average Bonchev–Trinajstić information content (AvgIpc) is 3.12. The second-order valence-electron chi connectivity index (χ2n) is 4.84. The number of hydrogen-bond acceptors (Lipinski definition) is 6. The summed E-state index contributed by atoms with van der Waals surface area (Å²) in [5.41, 5.74) is 0. The summed E-state index contributed by atoms with van der Waals surface area (Å²) in [4.78, 5) is 8.66. The second kappa shape index (κ2) is 6.34. The van der Waals surface area contributed by atoms with Crippen LogP contribution < -0.4 is 10.6 Å². The molecule has 0 aliphatic heterocycles. The van der Waals surface area contributed by atoms with Crippen LogP contribution in [0.25, 0.3) is 0 Å². The van der Waals surface area contributed by atoms with E-state index in [9.17, 15) is 0 Å². The molecule has 0 unspecified atom stereocenters. The van der Waals surface area contributed by atoms with Crippen molar-refractivity contribution in [1.82, 2.24) is 9.97 Å². The monoisotopic (exact) mass is 294 g/mol. The van der Waals surface area contributed by atoms with E-state index in [-0.39, 0.29) is 6.17 Å². The van der Waals surface area contributed by atoms with E-state index < -0.39 is 0 Å². The zero-order chi connectivity index (χ0) is 12.9. The molecule has 1 saturated carbocycles. The number of hydrogen-bond donors (Lipinski definition) is 2. The number of thiazole rings is 2. The lowest BCUT2D eigenvalue weighted by molar-refractivity contribution is 0.332. The summed E-state index contributed by atoms with van der Waals surface area (Å²) in [5, 5.41) is 13.0. The van der Waals surface area contributed by atoms with Gasteiger partial charge in [-0.3, -0.25) is 0 Å². The van der Waals surface area contributed by atoms with Crippen LogP contribution >= 0.6 is 22.7 Å². The first-order chi connectivity index (χ1) is 9.42. The summed E-state index contributed by atoms with van der Waals surface area (Å²) >= 11 is 3.30. The smallest absolute Gasteiger partial charge is 0.184 e. The predicted molar refractivity (Wildman–Crippen MR) is 81.8 cm³/mol. The molecule has 2 aromatic heterocycles. The van der Waals surface area contributed by atoms with Crippen molar-refractivity contribution in [3.8, 4) is 0 Å². The summed E-state index contributed by atoms with van der Waals surface area (Å²) in [6.45, 7) is 0. The van der Waals surface area contributed by atoms with Crippen LogP contribution in [0.3, 0.4) is 0 Å². The molecule has 3 rings (SSSR count). The van der Waals surface area contributed by atoms with Gasteiger partial charge in [0.15, 0.2) is 10.3 Å². The first-order valence-corrected chi connectivity index (χ1v) is 8.50. The minimum atomic E-state index is 0.234. The molecule has 1 aliphatic carbocycles. The van der Waals surface area contributed by atoms with Gasteiger partial charge in [-0.05, 0) is 18.8 Å². The van der Waals surface area contributed by atoms with Crippen molar-refractivity contribution in [2.75, 3.05) is 10.6 Å². The zero-order valence-electron chi connectivity index (χ0n) is 10.7. The van der Waals surface area contributed by atoms with E-state index in [1.807, 2.05) is 23.2 Å². The van der Waals surface area contributed by atoms with Crippen molar-refractivity contribution in [1.29, 1.82) is 0 Å². The molecule has 0 atom stereocenters. The molecule has 0 amide bonds. The highest BCUT2D eigenvalue weighted by atomic mass is 32.1. The van der Waals surface area contributed by atoms with E-state index in [4.69, 9.17) is 0 Å². The van der Waals surface area contributed by atoms with Crippen molar-refractivity contribution < 1.29 is 0 Å². The quantitative estimate of drug-likeness (QED) is 0.817. The third-order valence-corrected chi connectivity index (χ3v) is 4.95. The molecule has 6 heteroatoms. The molecule has 1 fully saturated rings. The molecule has 19 heavy (non-hydrogen) atoms. The van der Waals surface area contributed by atoms with E-state index in [2.05, 4.69) is 20.6 Å². The average molecular weight is 294 g/mol. The maximum atomic E-state index is 4.33. The molecular formula is C13H18N4S2. The maximum absolute atomic E-state index is 4.33. The van der Waals surface area contributed by atoms with E-state index >= 15 is 0 Å². The normalized spacial score (nSPS) is 16.7. The standard InChI is InChI=1S/C13H18N4S2/c1-2-4-10(5-3-1)11(16-12-14-6-8-18-12)17-13-15-7-9-19-13/h6-11H,1-5H2,(H,14,16)(H,15,17). The fraction of sp³-hybridized carbons (Fsp3) is 0.538. The largest absolute Gasteiger partial charge is 0.341 e. The molecule has 2 heterocycles. The Morgan fingerprint density at radius 1 is 0.947 bits per heavy atom. The number of anilines is 2. The van der Waals surface area contributed by atoms with Crippen LogP contribution in [0.15, 0.2) is 23.2 Å². The van der Waals surface area contributed by atoms with Crippen LogP contribution in [-0.4, -0.2) is 16.1 Å². The summed E-state index contributed by atoms with van der Waals surface area (Å²) in [6, 6.07) is 0. The van der Waals surface area contributed by atoms with Crippen molar-refractivity contribution in [3.05, 3.63) is 23.2 Å². The first-order valence-electron chi connectivity index (χ1n) is 6.74. The number of aromatic nitrogens is 2. The Balaban J connectivity index is 1.70. The van der Waals surface area contributed by atoms with Gasteiger partial charge in [0.05, 0.1) is 0 Å². The van der Waals surface area contributed by atoms with Crippen LogP contribution in [0.4, 0.5) is 10.3 Å². The van der Waals surface area contributed by atoms with Crippen LogP contribution in [0.5, 0.6) is 0 Å². The minimum absolute atomic E-state index is 0.234. The third-order valence-electron chi connectivity index (χ3n) is 3.54.